The summed E-state index contributed by atoms with van der Waals surface area (Å²) in [4.78, 5) is 33.3. The molecule has 2 N–H and O–H groups in total. The number of amides is 1. The van der Waals surface area contributed by atoms with Gasteiger partial charge in [-0.2, -0.15) is 0 Å². The summed E-state index contributed by atoms with van der Waals surface area (Å²) in [6.45, 7) is 2.84. The van der Waals surface area contributed by atoms with Gasteiger partial charge in [0.25, 0.3) is 11.5 Å². The first kappa shape index (κ1) is 22.9. The van der Waals surface area contributed by atoms with Crippen molar-refractivity contribution in [1.29, 1.82) is 0 Å². The molecule has 3 heterocycles. The van der Waals surface area contributed by atoms with Crippen molar-refractivity contribution in [2.45, 2.75) is 38.6 Å². The first-order valence-corrected chi connectivity index (χ1v) is 11.9. The monoisotopic (exact) mass is 474 g/mol. The van der Waals surface area contributed by atoms with Crippen molar-refractivity contribution in [3.8, 4) is 0 Å². The van der Waals surface area contributed by atoms with E-state index in [1.165, 1.54) is 16.2 Å². The van der Waals surface area contributed by atoms with Gasteiger partial charge in [0.15, 0.2) is 0 Å². The summed E-state index contributed by atoms with van der Waals surface area (Å²) >= 11 is 6.73. The number of aromatic nitrogens is 2. The lowest BCUT2D eigenvalue weighted by molar-refractivity contribution is -0.123. The summed E-state index contributed by atoms with van der Waals surface area (Å²) in [6.07, 6.45) is 7.46. The lowest BCUT2D eigenvalue weighted by Gasteiger charge is -2.21. The minimum absolute atomic E-state index is 0.0526. The van der Waals surface area contributed by atoms with E-state index < -0.39 is 0 Å². The van der Waals surface area contributed by atoms with Crippen LogP contribution < -0.4 is 10.9 Å². The molecule has 8 nitrogen and oxygen atoms in total. The number of thiocarbonyl (C=S) groups is 1. The standard InChI is InChI=1S/C22H26N4O4S2/c1-14-6-7-18-24-19(23-8-10-30-11-9-27)16(20(28)25(18)13-14)12-17-21(29)26(22(31)32-17)15-4-2-3-5-15/h6-7,12-13,15,23,27H,2-5,8-11H2,1H3/b17-12+. The number of hydrogen-bond acceptors (Lipinski definition) is 8. The molecule has 0 atom stereocenters. The number of aryl methyl sites for hydroxylation is 1. The van der Waals surface area contributed by atoms with Gasteiger partial charge in [0, 0.05) is 18.8 Å². The SMILES string of the molecule is Cc1ccc2nc(NCCOCCO)c(/C=C3/SC(=S)N(C4CCCC4)C3=O)c(=O)n2c1. The lowest BCUT2D eigenvalue weighted by atomic mass is 10.2. The number of thioether (sulfide) groups is 1. The Morgan fingerprint density at radius 2 is 2.09 bits per heavy atom. The van der Waals surface area contributed by atoms with Crippen LogP contribution >= 0.6 is 24.0 Å². The van der Waals surface area contributed by atoms with Gasteiger partial charge in [-0.1, -0.05) is 42.9 Å². The van der Waals surface area contributed by atoms with Crippen LogP contribution in [0.15, 0.2) is 28.0 Å². The number of aliphatic hydroxyl groups excluding tert-OH is 1. The predicted octanol–water partition coefficient (Wildman–Crippen LogP) is 2.57. The minimum atomic E-state index is -0.261. The van der Waals surface area contributed by atoms with Gasteiger partial charge in [0.05, 0.1) is 30.3 Å². The molecule has 0 spiro atoms. The number of fused-ring (bicyclic) bond motifs is 1. The molecule has 2 aromatic rings. The lowest BCUT2D eigenvalue weighted by Crippen LogP contribution is -2.36. The van der Waals surface area contributed by atoms with E-state index >= 15 is 0 Å². The van der Waals surface area contributed by atoms with E-state index in [1.54, 1.807) is 23.2 Å². The molecule has 170 valence electrons. The zero-order chi connectivity index (χ0) is 22.7. The van der Waals surface area contributed by atoms with Crippen LogP contribution in [0.4, 0.5) is 5.82 Å². The van der Waals surface area contributed by atoms with E-state index in [0.29, 0.717) is 39.4 Å². The Morgan fingerprint density at radius 1 is 1.31 bits per heavy atom. The van der Waals surface area contributed by atoms with Crippen molar-refractivity contribution in [2.24, 2.45) is 0 Å². The van der Waals surface area contributed by atoms with E-state index in [-0.39, 0.29) is 30.7 Å². The van der Waals surface area contributed by atoms with Gasteiger partial charge in [0.1, 0.15) is 15.8 Å². The molecule has 0 aromatic carbocycles. The van der Waals surface area contributed by atoms with Crippen LogP contribution in [0, 0.1) is 6.92 Å². The third-order valence-corrected chi connectivity index (χ3v) is 6.90. The van der Waals surface area contributed by atoms with Crippen LogP contribution in [0.1, 0.15) is 36.8 Å². The summed E-state index contributed by atoms with van der Waals surface area (Å²) in [5.41, 5.74) is 1.49. The number of rotatable bonds is 8. The Morgan fingerprint density at radius 3 is 2.84 bits per heavy atom. The van der Waals surface area contributed by atoms with Crippen LogP contribution in [0.25, 0.3) is 11.7 Å². The van der Waals surface area contributed by atoms with E-state index in [2.05, 4.69) is 10.3 Å². The molecular weight excluding hydrogens is 448 g/mol. The quantitative estimate of drug-likeness (QED) is 0.342. The highest BCUT2D eigenvalue weighted by molar-refractivity contribution is 8.26. The molecule has 2 aromatic heterocycles. The number of carbonyl (C=O) groups excluding carboxylic acids is 1. The zero-order valence-corrected chi connectivity index (χ0v) is 19.5. The highest BCUT2D eigenvalue weighted by Crippen LogP contribution is 2.38. The van der Waals surface area contributed by atoms with Crippen molar-refractivity contribution in [1.82, 2.24) is 14.3 Å². The van der Waals surface area contributed by atoms with Crippen LogP contribution in [0.5, 0.6) is 0 Å². The third-order valence-electron chi connectivity index (χ3n) is 5.57. The van der Waals surface area contributed by atoms with Gasteiger partial charge < -0.3 is 15.2 Å². The number of aliphatic hydroxyl groups is 1. The van der Waals surface area contributed by atoms with E-state index in [4.69, 9.17) is 22.1 Å². The van der Waals surface area contributed by atoms with Crippen LogP contribution in [-0.4, -0.2) is 62.0 Å². The van der Waals surface area contributed by atoms with E-state index in [9.17, 15) is 9.59 Å². The molecule has 1 saturated heterocycles. The van der Waals surface area contributed by atoms with Crippen molar-refractivity contribution >= 4 is 51.7 Å². The molecule has 2 aliphatic rings. The Hall–Kier alpha value is -2.27. The summed E-state index contributed by atoms with van der Waals surface area (Å²) in [5, 5.41) is 12.0. The second-order valence-electron chi connectivity index (χ2n) is 7.87. The molecular formula is C22H26N4O4S2. The number of nitrogens with zero attached hydrogens (tertiary/aromatic N) is 3. The number of hydrogen-bond donors (Lipinski definition) is 2. The fourth-order valence-corrected chi connectivity index (χ4v) is 5.40. The molecule has 10 heteroatoms. The molecule has 1 amide bonds. The topological polar surface area (TPSA) is 96.2 Å². The average molecular weight is 475 g/mol. The number of ether oxygens (including phenoxy) is 1. The molecule has 1 aliphatic carbocycles. The number of carbonyl (C=O) groups is 1. The summed E-state index contributed by atoms with van der Waals surface area (Å²) in [5.74, 6) is 0.246. The maximum absolute atomic E-state index is 13.4. The van der Waals surface area contributed by atoms with Crippen LogP contribution in [-0.2, 0) is 9.53 Å². The van der Waals surface area contributed by atoms with Crippen molar-refractivity contribution < 1.29 is 14.6 Å². The fraction of sp³-hybridized carbons (Fsp3) is 0.455. The zero-order valence-electron chi connectivity index (χ0n) is 17.9. The summed E-state index contributed by atoms with van der Waals surface area (Å²) < 4.78 is 7.33. The van der Waals surface area contributed by atoms with Crippen molar-refractivity contribution in [3.63, 3.8) is 0 Å². The smallest absolute Gasteiger partial charge is 0.267 e. The normalized spacial score (nSPS) is 18.4. The van der Waals surface area contributed by atoms with Crippen molar-refractivity contribution in [2.75, 3.05) is 31.7 Å². The second kappa shape index (κ2) is 10.1. The Labute approximate surface area is 195 Å². The fourth-order valence-electron chi connectivity index (χ4n) is 4.02. The molecule has 0 unspecified atom stereocenters. The molecule has 32 heavy (non-hydrogen) atoms. The summed E-state index contributed by atoms with van der Waals surface area (Å²) in [6, 6.07) is 3.82. The van der Waals surface area contributed by atoms with E-state index in [1.807, 2.05) is 13.0 Å². The van der Waals surface area contributed by atoms with Crippen LogP contribution in [0.2, 0.25) is 0 Å². The number of nitrogens with one attached hydrogen (secondary N) is 1. The van der Waals surface area contributed by atoms with Gasteiger partial charge in [-0.25, -0.2) is 4.98 Å². The molecule has 1 saturated carbocycles. The summed E-state index contributed by atoms with van der Waals surface area (Å²) in [7, 11) is 0. The average Bonchev–Trinajstić information content (AvgIpc) is 3.38. The second-order valence-corrected chi connectivity index (χ2v) is 9.54. The minimum Gasteiger partial charge on any atom is -0.394 e. The molecule has 1 aliphatic heterocycles. The third kappa shape index (κ3) is 4.73. The van der Waals surface area contributed by atoms with Crippen LogP contribution in [0.3, 0.4) is 0 Å². The predicted molar refractivity (Wildman–Crippen MR) is 130 cm³/mol. The highest BCUT2D eigenvalue weighted by atomic mass is 32.2. The Kier molecular flexibility index (Phi) is 7.24. The Balaban J connectivity index is 1.70. The maximum atomic E-state index is 13.4. The molecule has 4 rings (SSSR count). The van der Waals surface area contributed by atoms with Gasteiger partial charge in [-0.3, -0.25) is 18.9 Å². The van der Waals surface area contributed by atoms with Gasteiger partial charge in [-0.05, 0) is 37.5 Å². The largest absolute Gasteiger partial charge is 0.394 e. The van der Waals surface area contributed by atoms with E-state index in [0.717, 1.165) is 31.2 Å². The first-order valence-electron chi connectivity index (χ1n) is 10.7. The molecule has 0 bridgehead atoms. The Bertz CT molecular complexity index is 1120. The number of pyridine rings is 1. The number of anilines is 1. The maximum Gasteiger partial charge on any atom is 0.267 e. The highest BCUT2D eigenvalue weighted by Gasteiger charge is 2.38. The molecule has 0 radical (unpaired) electrons. The van der Waals surface area contributed by atoms with Gasteiger partial charge in [-0.15, -0.1) is 0 Å². The van der Waals surface area contributed by atoms with Gasteiger partial charge in [0.2, 0.25) is 0 Å². The van der Waals surface area contributed by atoms with Crippen molar-refractivity contribution in [3.05, 3.63) is 44.7 Å². The van der Waals surface area contributed by atoms with Gasteiger partial charge >= 0.3 is 0 Å². The first-order chi connectivity index (χ1) is 15.5. The molecule has 2 fully saturated rings.